The molecule has 0 spiro atoms. The molecule has 0 aliphatic carbocycles. The van der Waals surface area contributed by atoms with E-state index >= 15 is 0 Å². The fourth-order valence-electron chi connectivity index (χ4n) is 1.76. The Morgan fingerprint density at radius 2 is 1.86 bits per heavy atom. The van der Waals surface area contributed by atoms with Gasteiger partial charge in [-0.25, -0.2) is 0 Å². The van der Waals surface area contributed by atoms with Crippen molar-refractivity contribution >= 4 is 33.3 Å². The number of amides is 1. The quantitative estimate of drug-likeness (QED) is 0.815. The van der Waals surface area contributed by atoms with Gasteiger partial charge < -0.3 is 10.3 Å². The summed E-state index contributed by atoms with van der Waals surface area (Å²) in [7, 11) is 0. The highest BCUT2D eigenvalue weighted by Gasteiger charge is 2.10. The van der Waals surface area contributed by atoms with Crippen LogP contribution in [0.5, 0.6) is 0 Å². The molecule has 0 unspecified atom stereocenters. The van der Waals surface area contributed by atoms with Crippen LogP contribution in [0.1, 0.15) is 23.2 Å². The molecule has 2 N–H and O–H groups in total. The molecule has 108 valence electrons. The molecule has 0 saturated heterocycles. The van der Waals surface area contributed by atoms with E-state index in [0.717, 1.165) is 0 Å². The van der Waals surface area contributed by atoms with Gasteiger partial charge in [-0.2, -0.15) is 0 Å². The summed E-state index contributed by atoms with van der Waals surface area (Å²) in [4.78, 5) is 37.6. The Labute approximate surface area is 129 Å². The van der Waals surface area contributed by atoms with E-state index in [9.17, 15) is 14.4 Å². The van der Waals surface area contributed by atoms with Gasteiger partial charge in [0.2, 0.25) is 5.91 Å². The SMILES string of the molecule is O=C(CCC(=O)c1ccccc1)Nc1cc(Br)c[nH]c1=O. The fraction of sp³-hybridized carbons (Fsp3) is 0.133. The molecular weight excluding hydrogens is 336 g/mol. The number of Topliss-reactive ketones (excluding diaryl/α,β-unsaturated/α-hetero) is 1. The van der Waals surface area contributed by atoms with E-state index in [1.54, 1.807) is 24.3 Å². The number of benzene rings is 1. The predicted molar refractivity (Wildman–Crippen MR) is 83.4 cm³/mol. The van der Waals surface area contributed by atoms with Crippen molar-refractivity contribution < 1.29 is 9.59 Å². The third-order valence-electron chi connectivity index (χ3n) is 2.82. The van der Waals surface area contributed by atoms with Crippen LogP contribution in [-0.2, 0) is 4.79 Å². The smallest absolute Gasteiger partial charge is 0.271 e. The van der Waals surface area contributed by atoms with Crippen LogP contribution >= 0.6 is 15.9 Å². The van der Waals surface area contributed by atoms with Gasteiger partial charge in [0.15, 0.2) is 5.78 Å². The molecule has 1 aromatic carbocycles. The Balaban J connectivity index is 1.92. The number of aromatic nitrogens is 1. The lowest BCUT2D eigenvalue weighted by molar-refractivity contribution is -0.116. The summed E-state index contributed by atoms with van der Waals surface area (Å²) >= 11 is 3.20. The lowest BCUT2D eigenvalue weighted by atomic mass is 10.1. The van der Waals surface area contributed by atoms with E-state index in [-0.39, 0.29) is 35.8 Å². The second kappa shape index (κ2) is 6.99. The first-order valence-corrected chi connectivity index (χ1v) is 7.12. The molecule has 1 aromatic heterocycles. The highest BCUT2D eigenvalue weighted by molar-refractivity contribution is 9.10. The number of pyridine rings is 1. The molecule has 0 atom stereocenters. The van der Waals surface area contributed by atoms with Crippen molar-refractivity contribution in [1.82, 2.24) is 4.98 Å². The largest absolute Gasteiger partial charge is 0.326 e. The molecule has 5 nitrogen and oxygen atoms in total. The molecular formula is C15H13BrN2O3. The number of aromatic amines is 1. The molecule has 0 aliphatic heterocycles. The zero-order chi connectivity index (χ0) is 15.2. The second-order valence-electron chi connectivity index (χ2n) is 4.40. The van der Waals surface area contributed by atoms with E-state index in [1.165, 1.54) is 12.3 Å². The van der Waals surface area contributed by atoms with Crippen LogP contribution < -0.4 is 10.9 Å². The van der Waals surface area contributed by atoms with Crippen LogP contribution in [-0.4, -0.2) is 16.7 Å². The van der Waals surface area contributed by atoms with E-state index in [2.05, 4.69) is 26.2 Å². The minimum Gasteiger partial charge on any atom is -0.326 e. The highest BCUT2D eigenvalue weighted by atomic mass is 79.9. The highest BCUT2D eigenvalue weighted by Crippen LogP contribution is 2.11. The Morgan fingerprint density at radius 1 is 1.14 bits per heavy atom. The first-order valence-electron chi connectivity index (χ1n) is 6.32. The lowest BCUT2D eigenvalue weighted by Crippen LogP contribution is -2.20. The maximum Gasteiger partial charge on any atom is 0.271 e. The summed E-state index contributed by atoms with van der Waals surface area (Å²) in [5.74, 6) is -0.475. The van der Waals surface area contributed by atoms with Crippen molar-refractivity contribution in [3.05, 3.63) is 63.0 Å². The number of anilines is 1. The number of H-pyrrole nitrogens is 1. The monoisotopic (exact) mass is 348 g/mol. The van der Waals surface area contributed by atoms with Crippen molar-refractivity contribution in [3.63, 3.8) is 0 Å². The Morgan fingerprint density at radius 3 is 2.57 bits per heavy atom. The van der Waals surface area contributed by atoms with Crippen molar-refractivity contribution in [3.8, 4) is 0 Å². The van der Waals surface area contributed by atoms with Crippen LogP contribution in [0.15, 0.2) is 51.9 Å². The number of halogens is 1. The zero-order valence-corrected chi connectivity index (χ0v) is 12.6. The van der Waals surface area contributed by atoms with Gasteiger partial charge in [0.25, 0.3) is 5.56 Å². The van der Waals surface area contributed by atoms with Crippen LogP contribution in [0.25, 0.3) is 0 Å². The molecule has 6 heteroatoms. The summed E-state index contributed by atoms with van der Waals surface area (Å²) in [6.07, 6.45) is 1.61. The first kappa shape index (κ1) is 15.2. The fourth-order valence-corrected chi connectivity index (χ4v) is 2.10. The van der Waals surface area contributed by atoms with Gasteiger partial charge in [-0.15, -0.1) is 0 Å². The van der Waals surface area contributed by atoms with Gasteiger partial charge in [-0.05, 0) is 22.0 Å². The lowest BCUT2D eigenvalue weighted by Gasteiger charge is -2.04. The molecule has 2 aromatic rings. The number of hydrogen-bond donors (Lipinski definition) is 2. The van der Waals surface area contributed by atoms with E-state index in [1.807, 2.05) is 6.07 Å². The number of carbonyl (C=O) groups is 2. The predicted octanol–water partition coefficient (Wildman–Crippen LogP) is 2.74. The van der Waals surface area contributed by atoms with Gasteiger partial charge in [-0.1, -0.05) is 30.3 Å². The first-order chi connectivity index (χ1) is 10.1. The number of rotatable bonds is 5. The summed E-state index contributed by atoms with van der Waals surface area (Å²) in [6, 6.07) is 10.3. The normalized spacial score (nSPS) is 10.1. The van der Waals surface area contributed by atoms with Crippen molar-refractivity contribution in [2.24, 2.45) is 0 Å². The van der Waals surface area contributed by atoms with Crippen LogP contribution in [0.3, 0.4) is 0 Å². The number of ketones is 1. The van der Waals surface area contributed by atoms with E-state index in [4.69, 9.17) is 0 Å². The standard InChI is InChI=1S/C15H13BrN2O3/c16-11-8-12(15(21)17-9-11)18-14(20)7-6-13(19)10-4-2-1-3-5-10/h1-5,8-9H,6-7H2,(H,17,21)(H,18,20). The molecule has 1 amide bonds. The molecule has 0 fully saturated rings. The minimum atomic E-state index is -0.388. The van der Waals surface area contributed by atoms with E-state index in [0.29, 0.717) is 10.0 Å². The molecule has 0 radical (unpaired) electrons. The van der Waals surface area contributed by atoms with Gasteiger partial charge in [0.1, 0.15) is 5.69 Å². The molecule has 1 heterocycles. The van der Waals surface area contributed by atoms with Crippen LogP contribution in [0.2, 0.25) is 0 Å². The topological polar surface area (TPSA) is 79.0 Å². The maximum absolute atomic E-state index is 11.9. The Hall–Kier alpha value is -2.21. The summed E-state index contributed by atoms with van der Waals surface area (Å²) in [6.45, 7) is 0. The molecule has 0 bridgehead atoms. The number of nitrogens with one attached hydrogen (secondary N) is 2. The number of hydrogen-bond acceptors (Lipinski definition) is 3. The van der Waals surface area contributed by atoms with Gasteiger partial charge in [-0.3, -0.25) is 14.4 Å². The van der Waals surface area contributed by atoms with E-state index < -0.39 is 0 Å². The third-order valence-corrected chi connectivity index (χ3v) is 3.27. The average molecular weight is 349 g/mol. The third kappa shape index (κ3) is 4.39. The van der Waals surface area contributed by atoms with Crippen LogP contribution in [0.4, 0.5) is 5.69 Å². The molecule has 0 saturated carbocycles. The maximum atomic E-state index is 11.9. The second-order valence-corrected chi connectivity index (χ2v) is 5.31. The van der Waals surface area contributed by atoms with Crippen molar-refractivity contribution in [2.75, 3.05) is 5.32 Å². The molecule has 21 heavy (non-hydrogen) atoms. The van der Waals surface area contributed by atoms with Gasteiger partial charge in [0.05, 0.1) is 0 Å². The summed E-state index contributed by atoms with van der Waals surface area (Å²) in [5, 5.41) is 2.49. The summed E-state index contributed by atoms with van der Waals surface area (Å²) in [5.41, 5.74) is 0.341. The minimum absolute atomic E-state index is 0.0275. The Kier molecular flexibility index (Phi) is 5.05. The molecule has 2 rings (SSSR count). The molecule has 0 aliphatic rings. The zero-order valence-electron chi connectivity index (χ0n) is 11.1. The van der Waals surface area contributed by atoms with Crippen molar-refractivity contribution in [1.29, 1.82) is 0 Å². The summed E-state index contributed by atoms with van der Waals surface area (Å²) < 4.78 is 0.651. The Bertz CT molecular complexity index is 710. The van der Waals surface area contributed by atoms with Crippen molar-refractivity contribution in [2.45, 2.75) is 12.8 Å². The van der Waals surface area contributed by atoms with Gasteiger partial charge in [0, 0.05) is 29.1 Å². The average Bonchev–Trinajstić information content (AvgIpc) is 2.49. The number of carbonyl (C=O) groups excluding carboxylic acids is 2. The van der Waals surface area contributed by atoms with Gasteiger partial charge >= 0.3 is 0 Å². The van der Waals surface area contributed by atoms with Crippen LogP contribution in [0, 0.1) is 0 Å².